The summed E-state index contributed by atoms with van der Waals surface area (Å²) in [5.41, 5.74) is -0.0600. The number of likely N-dealkylation sites (N-methyl/N-ethyl adjacent to an activating group) is 1. The number of piperidine rings is 1. The lowest BCUT2D eigenvalue weighted by atomic mass is 10.0. The number of carbonyl (C=O) groups is 2. The molecule has 0 radical (unpaired) electrons. The van der Waals surface area contributed by atoms with Gasteiger partial charge in [-0.05, 0) is 38.9 Å². The fourth-order valence-corrected chi connectivity index (χ4v) is 2.83. The minimum atomic E-state index is -0.511. The maximum absolute atomic E-state index is 12.2. The quantitative estimate of drug-likeness (QED) is 0.432. The second-order valence-corrected chi connectivity index (χ2v) is 6.06. The van der Waals surface area contributed by atoms with Crippen LogP contribution in [0, 0.1) is 10.1 Å². The van der Waals surface area contributed by atoms with Crippen LogP contribution in [0.5, 0.6) is 5.75 Å². The summed E-state index contributed by atoms with van der Waals surface area (Å²) >= 11 is 0. The maximum Gasteiger partial charge on any atom is 0.415 e. The predicted molar refractivity (Wildman–Crippen MR) is 93.0 cm³/mol. The van der Waals surface area contributed by atoms with Gasteiger partial charge in [-0.3, -0.25) is 19.8 Å². The van der Waals surface area contributed by atoms with Crippen LogP contribution in [0.25, 0.3) is 0 Å². The molecule has 26 heavy (non-hydrogen) atoms. The van der Waals surface area contributed by atoms with Crippen molar-refractivity contribution < 1.29 is 24.0 Å². The zero-order valence-electron chi connectivity index (χ0n) is 14.9. The molecule has 1 aromatic rings. The summed E-state index contributed by atoms with van der Waals surface area (Å²) in [5, 5.41) is 10.6. The van der Waals surface area contributed by atoms with E-state index in [2.05, 4.69) is 0 Å². The number of esters is 1. The number of nitro benzene ring substituents is 1. The Kier molecular flexibility index (Phi) is 6.90. The SMILES string of the molecule is CCOC(=O)CN(C)C1CCN(C(=O)Oc2ccc([N+](=O)[O-])cc2)CC1. The van der Waals surface area contributed by atoms with Gasteiger partial charge in [-0.1, -0.05) is 0 Å². The monoisotopic (exact) mass is 365 g/mol. The molecule has 1 heterocycles. The van der Waals surface area contributed by atoms with Gasteiger partial charge in [0, 0.05) is 31.3 Å². The van der Waals surface area contributed by atoms with E-state index in [9.17, 15) is 19.7 Å². The van der Waals surface area contributed by atoms with Crippen molar-refractivity contribution in [3.05, 3.63) is 34.4 Å². The van der Waals surface area contributed by atoms with E-state index < -0.39 is 11.0 Å². The molecule has 9 heteroatoms. The number of hydrogen-bond acceptors (Lipinski definition) is 7. The zero-order valence-corrected chi connectivity index (χ0v) is 14.9. The van der Waals surface area contributed by atoms with Gasteiger partial charge < -0.3 is 14.4 Å². The van der Waals surface area contributed by atoms with Crippen LogP contribution in [-0.4, -0.2) is 66.1 Å². The molecule has 1 aromatic carbocycles. The molecule has 1 aliphatic rings. The van der Waals surface area contributed by atoms with E-state index in [-0.39, 0.29) is 30.0 Å². The third kappa shape index (κ3) is 5.41. The van der Waals surface area contributed by atoms with Crippen LogP contribution in [-0.2, 0) is 9.53 Å². The van der Waals surface area contributed by atoms with Gasteiger partial charge in [0.2, 0.25) is 0 Å². The van der Waals surface area contributed by atoms with Crippen LogP contribution in [0.1, 0.15) is 19.8 Å². The van der Waals surface area contributed by atoms with Gasteiger partial charge >= 0.3 is 12.1 Å². The van der Waals surface area contributed by atoms with Crippen LogP contribution >= 0.6 is 0 Å². The van der Waals surface area contributed by atoms with E-state index in [1.807, 2.05) is 11.9 Å². The van der Waals surface area contributed by atoms with Crippen molar-refractivity contribution >= 4 is 17.7 Å². The van der Waals surface area contributed by atoms with E-state index in [0.29, 0.717) is 19.7 Å². The summed E-state index contributed by atoms with van der Waals surface area (Å²) < 4.78 is 10.2. The smallest absolute Gasteiger partial charge is 0.415 e. The molecule has 0 aromatic heterocycles. The summed E-state index contributed by atoms with van der Waals surface area (Å²) in [6, 6.07) is 5.58. The average molecular weight is 365 g/mol. The molecule has 2 rings (SSSR count). The molecule has 1 amide bonds. The van der Waals surface area contributed by atoms with Crippen LogP contribution in [0.3, 0.4) is 0 Å². The van der Waals surface area contributed by atoms with Crippen LogP contribution in [0.4, 0.5) is 10.5 Å². The van der Waals surface area contributed by atoms with Gasteiger partial charge in [-0.15, -0.1) is 0 Å². The topological polar surface area (TPSA) is 102 Å². The second-order valence-electron chi connectivity index (χ2n) is 6.06. The number of nitrogens with zero attached hydrogens (tertiary/aromatic N) is 3. The van der Waals surface area contributed by atoms with Gasteiger partial charge in [0.05, 0.1) is 18.1 Å². The van der Waals surface area contributed by atoms with Gasteiger partial charge in [0.25, 0.3) is 5.69 Å². The Balaban J connectivity index is 1.80. The summed E-state index contributed by atoms with van der Waals surface area (Å²) in [6.07, 6.45) is 0.974. The molecule has 0 bridgehead atoms. The fraction of sp³-hybridized carbons (Fsp3) is 0.529. The number of non-ortho nitro benzene ring substituents is 1. The standard InChI is InChI=1S/C17H23N3O6/c1-3-25-16(21)12-18(2)13-8-10-19(11-9-13)17(22)26-15-6-4-14(5-7-15)20(23)24/h4-7,13H,3,8-12H2,1-2H3. The Hall–Kier alpha value is -2.68. The highest BCUT2D eigenvalue weighted by atomic mass is 16.6. The molecule has 1 saturated heterocycles. The summed E-state index contributed by atoms with van der Waals surface area (Å²) in [4.78, 5) is 37.4. The summed E-state index contributed by atoms with van der Waals surface area (Å²) in [5.74, 6) is 0.0113. The molecular weight excluding hydrogens is 342 g/mol. The molecule has 0 atom stereocenters. The van der Waals surface area contributed by atoms with Gasteiger partial charge in [0.15, 0.2) is 0 Å². The average Bonchev–Trinajstić information content (AvgIpc) is 2.62. The number of rotatable bonds is 6. The Labute approximate surface area is 151 Å². The first-order chi connectivity index (χ1) is 12.4. The molecule has 0 spiro atoms. The van der Waals surface area contributed by atoms with E-state index in [1.165, 1.54) is 24.3 Å². The van der Waals surface area contributed by atoms with E-state index >= 15 is 0 Å². The predicted octanol–water partition coefficient (Wildman–Crippen LogP) is 2.05. The van der Waals surface area contributed by atoms with Crippen LogP contribution in [0.2, 0.25) is 0 Å². The van der Waals surface area contributed by atoms with E-state index in [4.69, 9.17) is 9.47 Å². The molecule has 1 aliphatic heterocycles. The number of carbonyl (C=O) groups excluding carboxylic acids is 2. The third-order valence-electron chi connectivity index (χ3n) is 4.28. The minimum absolute atomic E-state index is 0.0600. The van der Waals surface area contributed by atoms with Gasteiger partial charge in [-0.2, -0.15) is 0 Å². The molecular formula is C17H23N3O6. The largest absolute Gasteiger partial charge is 0.465 e. The van der Waals surface area contributed by atoms with Crippen molar-refractivity contribution in [1.29, 1.82) is 0 Å². The molecule has 0 unspecified atom stereocenters. The summed E-state index contributed by atoms with van der Waals surface area (Å²) in [6.45, 7) is 3.39. The Morgan fingerprint density at radius 1 is 1.27 bits per heavy atom. The van der Waals surface area contributed by atoms with Crippen molar-refractivity contribution in [3.63, 3.8) is 0 Å². The molecule has 1 fully saturated rings. The highest BCUT2D eigenvalue weighted by Crippen LogP contribution is 2.20. The number of nitro groups is 1. The van der Waals surface area contributed by atoms with Gasteiger partial charge in [0.1, 0.15) is 5.75 Å². The van der Waals surface area contributed by atoms with Crippen LogP contribution < -0.4 is 4.74 Å². The van der Waals surface area contributed by atoms with Crippen LogP contribution in [0.15, 0.2) is 24.3 Å². The van der Waals surface area contributed by atoms with Crippen molar-refractivity contribution in [3.8, 4) is 5.75 Å². The number of likely N-dealkylation sites (tertiary alicyclic amines) is 1. The molecule has 0 N–H and O–H groups in total. The first kappa shape index (κ1) is 19.6. The molecule has 0 aliphatic carbocycles. The van der Waals surface area contributed by atoms with Crippen molar-refractivity contribution in [1.82, 2.24) is 9.80 Å². The molecule has 142 valence electrons. The highest BCUT2D eigenvalue weighted by Gasteiger charge is 2.27. The lowest BCUT2D eigenvalue weighted by Crippen LogP contribution is -2.47. The van der Waals surface area contributed by atoms with E-state index in [0.717, 1.165) is 12.8 Å². The Bertz CT molecular complexity index is 640. The first-order valence-corrected chi connectivity index (χ1v) is 8.47. The minimum Gasteiger partial charge on any atom is -0.465 e. The number of hydrogen-bond donors (Lipinski definition) is 0. The normalized spacial score (nSPS) is 15.0. The number of ether oxygens (including phenoxy) is 2. The number of benzene rings is 1. The lowest BCUT2D eigenvalue weighted by Gasteiger charge is -2.35. The highest BCUT2D eigenvalue weighted by molar-refractivity contribution is 5.72. The third-order valence-corrected chi connectivity index (χ3v) is 4.28. The lowest BCUT2D eigenvalue weighted by molar-refractivity contribution is -0.384. The molecule has 0 saturated carbocycles. The van der Waals surface area contributed by atoms with Crippen molar-refractivity contribution in [2.75, 3.05) is 33.3 Å². The Morgan fingerprint density at radius 2 is 1.88 bits per heavy atom. The summed E-state index contributed by atoms with van der Waals surface area (Å²) in [7, 11) is 1.87. The maximum atomic E-state index is 12.2. The zero-order chi connectivity index (χ0) is 19.1. The fourth-order valence-electron chi connectivity index (χ4n) is 2.83. The first-order valence-electron chi connectivity index (χ1n) is 8.47. The van der Waals surface area contributed by atoms with Gasteiger partial charge in [-0.25, -0.2) is 4.79 Å². The molecule has 9 nitrogen and oxygen atoms in total. The number of amides is 1. The van der Waals surface area contributed by atoms with E-state index in [1.54, 1.807) is 11.8 Å². The Morgan fingerprint density at radius 3 is 2.42 bits per heavy atom. The van der Waals surface area contributed by atoms with Crippen molar-refractivity contribution in [2.24, 2.45) is 0 Å². The second kappa shape index (κ2) is 9.14. The van der Waals surface area contributed by atoms with Crippen molar-refractivity contribution in [2.45, 2.75) is 25.8 Å².